The summed E-state index contributed by atoms with van der Waals surface area (Å²) in [4.78, 5) is 2.35. The van der Waals surface area contributed by atoms with Crippen LogP contribution in [-0.4, -0.2) is 39.8 Å². The standard InChI is InChI=1S/C9H15ClN4/c1-13-4-2-8(3-5-13)14-7-11-12-9(14)6-10/h7-8H,2-6H2,1H3. The van der Waals surface area contributed by atoms with E-state index in [0.29, 0.717) is 11.9 Å². The van der Waals surface area contributed by atoms with Crippen LogP contribution in [0.1, 0.15) is 24.7 Å². The van der Waals surface area contributed by atoms with Gasteiger partial charge in [-0.3, -0.25) is 0 Å². The summed E-state index contributed by atoms with van der Waals surface area (Å²) < 4.78 is 2.12. The van der Waals surface area contributed by atoms with E-state index in [4.69, 9.17) is 11.6 Å². The van der Waals surface area contributed by atoms with Gasteiger partial charge in [0.2, 0.25) is 0 Å². The fourth-order valence-corrected chi connectivity index (χ4v) is 2.13. The highest BCUT2D eigenvalue weighted by molar-refractivity contribution is 6.16. The molecule has 0 radical (unpaired) electrons. The third-order valence-corrected chi connectivity index (χ3v) is 3.09. The SMILES string of the molecule is CN1CCC(n2cnnc2CCl)CC1. The lowest BCUT2D eigenvalue weighted by Crippen LogP contribution is -2.31. The molecule has 0 bridgehead atoms. The van der Waals surface area contributed by atoms with Crippen LogP contribution in [0.25, 0.3) is 0 Å². The van der Waals surface area contributed by atoms with Crippen molar-refractivity contribution in [2.45, 2.75) is 24.8 Å². The molecule has 1 saturated heterocycles. The summed E-state index contributed by atoms with van der Waals surface area (Å²) in [6.45, 7) is 2.29. The average molecular weight is 215 g/mol. The van der Waals surface area contributed by atoms with E-state index >= 15 is 0 Å². The first-order valence-corrected chi connectivity index (χ1v) is 5.47. The zero-order valence-electron chi connectivity index (χ0n) is 8.36. The Hall–Kier alpha value is -0.610. The Morgan fingerprint density at radius 3 is 2.86 bits per heavy atom. The van der Waals surface area contributed by atoms with Gasteiger partial charge >= 0.3 is 0 Å². The number of hydrogen-bond donors (Lipinski definition) is 0. The van der Waals surface area contributed by atoms with Gasteiger partial charge in [-0.05, 0) is 33.0 Å². The number of piperidine rings is 1. The molecule has 1 aromatic heterocycles. The van der Waals surface area contributed by atoms with Crippen LogP contribution in [0, 0.1) is 0 Å². The lowest BCUT2D eigenvalue weighted by molar-refractivity contribution is 0.219. The van der Waals surface area contributed by atoms with Crippen molar-refractivity contribution in [3.63, 3.8) is 0 Å². The van der Waals surface area contributed by atoms with Gasteiger partial charge in [-0.15, -0.1) is 21.8 Å². The normalized spacial score (nSPS) is 20.1. The van der Waals surface area contributed by atoms with Crippen molar-refractivity contribution in [3.05, 3.63) is 12.2 Å². The van der Waals surface area contributed by atoms with Gasteiger partial charge in [0.1, 0.15) is 12.2 Å². The van der Waals surface area contributed by atoms with Crippen LogP contribution in [0.4, 0.5) is 0 Å². The molecule has 2 rings (SSSR count). The highest BCUT2D eigenvalue weighted by Gasteiger charge is 2.20. The van der Waals surface area contributed by atoms with Crippen LogP contribution < -0.4 is 0 Å². The highest BCUT2D eigenvalue weighted by atomic mass is 35.5. The van der Waals surface area contributed by atoms with Gasteiger partial charge in [-0.2, -0.15) is 0 Å². The Balaban J connectivity index is 2.08. The van der Waals surface area contributed by atoms with E-state index in [0.717, 1.165) is 18.9 Å². The molecular formula is C9H15ClN4. The Labute approximate surface area is 88.9 Å². The minimum atomic E-state index is 0.451. The third kappa shape index (κ3) is 1.91. The quantitative estimate of drug-likeness (QED) is 0.696. The van der Waals surface area contributed by atoms with E-state index in [1.54, 1.807) is 6.33 Å². The molecular weight excluding hydrogens is 200 g/mol. The molecule has 1 aromatic rings. The lowest BCUT2D eigenvalue weighted by Gasteiger charge is -2.30. The molecule has 14 heavy (non-hydrogen) atoms. The second-order valence-corrected chi connectivity index (χ2v) is 4.09. The Kier molecular flexibility index (Phi) is 3.03. The summed E-state index contributed by atoms with van der Waals surface area (Å²) in [5.41, 5.74) is 0. The molecule has 1 fully saturated rings. The van der Waals surface area contributed by atoms with Crippen LogP contribution >= 0.6 is 11.6 Å². The van der Waals surface area contributed by atoms with Gasteiger partial charge in [0.15, 0.2) is 0 Å². The summed E-state index contributed by atoms with van der Waals surface area (Å²) in [5.74, 6) is 1.34. The van der Waals surface area contributed by atoms with Gasteiger partial charge in [0.25, 0.3) is 0 Å². The van der Waals surface area contributed by atoms with Crippen molar-refractivity contribution < 1.29 is 0 Å². The monoisotopic (exact) mass is 214 g/mol. The maximum absolute atomic E-state index is 5.79. The number of hydrogen-bond acceptors (Lipinski definition) is 3. The van der Waals surface area contributed by atoms with Gasteiger partial charge < -0.3 is 9.47 Å². The van der Waals surface area contributed by atoms with Gasteiger partial charge in [0.05, 0.1) is 5.88 Å². The Morgan fingerprint density at radius 1 is 1.50 bits per heavy atom. The summed E-state index contributed by atoms with van der Waals surface area (Å²) >= 11 is 5.79. The maximum Gasteiger partial charge on any atom is 0.148 e. The topological polar surface area (TPSA) is 34.0 Å². The molecule has 0 atom stereocenters. The zero-order valence-corrected chi connectivity index (χ0v) is 9.11. The van der Waals surface area contributed by atoms with E-state index in [1.807, 2.05) is 0 Å². The highest BCUT2D eigenvalue weighted by Crippen LogP contribution is 2.22. The molecule has 1 aliphatic rings. The largest absolute Gasteiger partial charge is 0.313 e. The number of rotatable bonds is 2. The summed E-state index contributed by atoms with van der Waals surface area (Å²) in [6, 6.07) is 0.537. The number of alkyl halides is 1. The van der Waals surface area contributed by atoms with Gasteiger partial charge in [-0.1, -0.05) is 0 Å². The molecule has 1 aliphatic heterocycles. The van der Waals surface area contributed by atoms with Crippen molar-refractivity contribution in [1.82, 2.24) is 19.7 Å². The molecule has 4 nitrogen and oxygen atoms in total. The first-order valence-electron chi connectivity index (χ1n) is 4.94. The summed E-state index contributed by atoms with van der Waals surface area (Å²) in [5, 5.41) is 7.90. The number of aromatic nitrogens is 3. The van der Waals surface area contributed by atoms with E-state index in [-0.39, 0.29) is 0 Å². The lowest BCUT2D eigenvalue weighted by atomic mass is 10.1. The summed E-state index contributed by atoms with van der Waals surface area (Å²) in [6.07, 6.45) is 4.13. The minimum absolute atomic E-state index is 0.451. The van der Waals surface area contributed by atoms with Crippen molar-refractivity contribution in [2.75, 3.05) is 20.1 Å². The molecule has 78 valence electrons. The van der Waals surface area contributed by atoms with Crippen LogP contribution in [-0.2, 0) is 5.88 Å². The second-order valence-electron chi connectivity index (χ2n) is 3.82. The molecule has 0 aromatic carbocycles. The van der Waals surface area contributed by atoms with Crippen molar-refractivity contribution in [1.29, 1.82) is 0 Å². The van der Waals surface area contributed by atoms with Crippen molar-refractivity contribution in [3.8, 4) is 0 Å². The Morgan fingerprint density at radius 2 is 2.21 bits per heavy atom. The van der Waals surface area contributed by atoms with Crippen LogP contribution in [0.15, 0.2) is 6.33 Å². The molecule has 0 saturated carbocycles. The van der Waals surface area contributed by atoms with E-state index in [9.17, 15) is 0 Å². The van der Waals surface area contributed by atoms with Crippen LogP contribution in [0.2, 0.25) is 0 Å². The fourth-order valence-electron chi connectivity index (χ4n) is 1.94. The smallest absolute Gasteiger partial charge is 0.148 e. The molecule has 2 heterocycles. The predicted molar refractivity (Wildman–Crippen MR) is 55.3 cm³/mol. The maximum atomic E-state index is 5.79. The van der Waals surface area contributed by atoms with Crippen LogP contribution in [0.3, 0.4) is 0 Å². The van der Waals surface area contributed by atoms with E-state index < -0.39 is 0 Å². The van der Waals surface area contributed by atoms with Crippen molar-refractivity contribution >= 4 is 11.6 Å². The van der Waals surface area contributed by atoms with Gasteiger partial charge in [-0.25, -0.2) is 0 Å². The van der Waals surface area contributed by atoms with Crippen LogP contribution in [0.5, 0.6) is 0 Å². The summed E-state index contributed by atoms with van der Waals surface area (Å²) in [7, 11) is 2.16. The minimum Gasteiger partial charge on any atom is -0.313 e. The predicted octanol–water partition coefficient (Wildman–Crippen LogP) is 1.28. The molecule has 0 spiro atoms. The van der Waals surface area contributed by atoms with Crippen molar-refractivity contribution in [2.24, 2.45) is 0 Å². The Bertz CT molecular complexity index is 291. The molecule has 5 heteroatoms. The molecule has 0 unspecified atom stereocenters. The zero-order chi connectivity index (χ0) is 9.97. The van der Waals surface area contributed by atoms with E-state index in [2.05, 4.69) is 26.7 Å². The molecule has 0 aliphatic carbocycles. The van der Waals surface area contributed by atoms with Gasteiger partial charge in [0, 0.05) is 6.04 Å². The fraction of sp³-hybridized carbons (Fsp3) is 0.778. The van der Waals surface area contributed by atoms with E-state index in [1.165, 1.54) is 12.8 Å². The second kappa shape index (κ2) is 4.28. The first kappa shape index (κ1) is 9.93. The third-order valence-electron chi connectivity index (χ3n) is 2.85. The number of likely N-dealkylation sites (tertiary alicyclic amines) is 1. The molecule has 0 N–H and O–H groups in total. The molecule has 0 amide bonds. The number of nitrogens with zero attached hydrogens (tertiary/aromatic N) is 4. The number of halogens is 1. The first-order chi connectivity index (χ1) is 6.81. The average Bonchev–Trinajstić information content (AvgIpc) is 2.67.